The minimum Gasteiger partial charge on any atom is -0.481 e. The van der Waals surface area contributed by atoms with E-state index >= 15 is 0 Å². The minimum absolute atomic E-state index is 0.0371. The molecule has 1 saturated carbocycles. The fourth-order valence-electron chi connectivity index (χ4n) is 3.46. The number of amides is 1. The minimum atomic E-state index is -0.942. The van der Waals surface area contributed by atoms with Gasteiger partial charge in [0.1, 0.15) is 5.82 Å². The van der Waals surface area contributed by atoms with Crippen LogP contribution in [-0.2, 0) is 9.59 Å². The summed E-state index contributed by atoms with van der Waals surface area (Å²) in [7, 11) is 0. The lowest BCUT2D eigenvalue weighted by Gasteiger charge is -2.24. The van der Waals surface area contributed by atoms with Crippen LogP contribution in [0.4, 0.5) is 10.1 Å². The zero-order chi connectivity index (χ0) is 15.1. The molecule has 2 aliphatic carbocycles. The summed E-state index contributed by atoms with van der Waals surface area (Å²) in [6.07, 6.45) is 4.52. The monoisotopic (exact) mass is 289 g/mol. The van der Waals surface area contributed by atoms with Crippen LogP contribution in [0, 0.1) is 36.4 Å². The number of hydrogen-bond acceptors (Lipinski definition) is 2. The Morgan fingerprint density at radius 1 is 1.24 bits per heavy atom. The Balaban J connectivity index is 1.83. The number of carboxylic acids is 1. The van der Waals surface area contributed by atoms with Crippen molar-refractivity contribution in [2.45, 2.75) is 13.3 Å². The molecule has 2 N–H and O–H groups in total. The van der Waals surface area contributed by atoms with Crippen LogP contribution in [0.25, 0.3) is 0 Å². The van der Waals surface area contributed by atoms with E-state index in [1.807, 2.05) is 12.2 Å². The summed E-state index contributed by atoms with van der Waals surface area (Å²) in [5.74, 6) is -3.09. The lowest BCUT2D eigenvalue weighted by Crippen LogP contribution is -2.36. The van der Waals surface area contributed by atoms with Gasteiger partial charge in [0.2, 0.25) is 5.91 Å². The molecule has 4 nitrogen and oxygen atoms in total. The highest BCUT2D eigenvalue weighted by Gasteiger charge is 2.51. The second-order valence-electron chi connectivity index (χ2n) is 5.79. The van der Waals surface area contributed by atoms with E-state index in [-0.39, 0.29) is 17.7 Å². The molecule has 110 valence electrons. The molecule has 0 saturated heterocycles. The number of carbonyl (C=O) groups excluding carboxylic acids is 1. The first-order valence-electron chi connectivity index (χ1n) is 6.95. The van der Waals surface area contributed by atoms with Crippen LogP contribution in [-0.4, -0.2) is 17.0 Å². The molecule has 0 heterocycles. The van der Waals surface area contributed by atoms with Crippen molar-refractivity contribution in [1.82, 2.24) is 0 Å². The number of hydrogen-bond donors (Lipinski definition) is 2. The smallest absolute Gasteiger partial charge is 0.307 e. The highest BCUT2D eigenvalue weighted by molar-refractivity contribution is 5.96. The first-order valence-corrected chi connectivity index (χ1v) is 6.95. The molecule has 0 aromatic heterocycles. The van der Waals surface area contributed by atoms with Gasteiger partial charge in [0, 0.05) is 5.69 Å². The Hall–Kier alpha value is -2.17. The van der Waals surface area contributed by atoms with Crippen molar-refractivity contribution in [2.24, 2.45) is 23.7 Å². The molecule has 1 aromatic carbocycles. The summed E-state index contributed by atoms with van der Waals surface area (Å²) < 4.78 is 13.3. The van der Waals surface area contributed by atoms with E-state index in [1.165, 1.54) is 12.1 Å². The van der Waals surface area contributed by atoms with Crippen molar-refractivity contribution in [3.63, 3.8) is 0 Å². The number of carbonyl (C=O) groups is 2. The molecule has 1 fully saturated rings. The molecular formula is C16H16FNO3. The summed E-state index contributed by atoms with van der Waals surface area (Å²) in [5, 5.41) is 12.0. The van der Waals surface area contributed by atoms with Gasteiger partial charge in [0.05, 0.1) is 11.8 Å². The third-order valence-electron chi connectivity index (χ3n) is 4.50. The number of carboxylic acid groups (broad SMARTS) is 1. The average Bonchev–Trinajstić information content (AvgIpc) is 3.03. The first-order chi connectivity index (χ1) is 9.97. The van der Waals surface area contributed by atoms with Crippen LogP contribution < -0.4 is 5.32 Å². The van der Waals surface area contributed by atoms with Gasteiger partial charge in [-0.15, -0.1) is 0 Å². The van der Waals surface area contributed by atoms with E-state index in [2.05, 4.69) is 5.32 Å². The van der Waals surface area contributed by atoms with Gasteiger partial charge in [-0.05, 0) is 42.9 Å². The zero-order valence-corrected chi connectivity index (χ0v) is 11.5. The van der Waals surface area contributed by atoms with Gasteiger partial charge in [0.25, 0.3) is 0 Å². The predicted molar refractivity (Wildman–Crippen MR) is 75.1 cm³/mol. The fraction of sp³-hybridized carbons (Fsp3) is 0.375. The Morgan fingerprint density at radius 2 is 1.90 bits per heavy atom. The Kier molecular flexibility index (Phi) is 3.27. The molecule has 3 rings (SSSR count). The van der Waals surface area contributed by atoms with E-state index < -0.39 is 23.6 Å². The number of nitrogens with one attached hydrogen (secondary N) is 1. The normalized spacial score (nSPS) is 29.6. The highest BCUT2D eigenvalue weighted by Crippen LogP contribution is 2.48. The molecule has 5 heteroatoms. The number of halogens is 1. The molecule has 4 atom stereocenters. The summed E-state index contributed by atoms with van der Waals surface area (Å²) in [5.41, 5.74) is 1.14. The number of allylic oxidation sites excluding steroid dienone is 2. The zero-order valence-electron chi connectivity index (χ0n) is 11.5. The molecule has 21 heavy (non-hydrogen) atoms. The number of fused-ring (bicyclic) bond motifs is 2. The number of anilines is 1. The van der Waals surface area contributed by atoms with Gasteiger partial charge in [-0.2, -0.15) is 0 Å². The third kappa shape index (κ3) is 2.33. The van der Waals surface area contributed by atoms with E-state index in [0.29, 0.717) is 12.1 Å². The highest BCUT2D eigenvalue weighted by atomic mass is 19.1. The first kappa shape index (κ1) is 13.8. The Labute approximate surface area is 121 Å². The van der Waals surface area contributed by atoms with E-state index in [1.54, 1.807) is 13.0 Å². The van der Waals surface area contributed by atoms with Crippen molar-refractivity contribution in [2.75, 3.05) is 5.32 Å². The van der Waals surface area contributed by atoms with Crippen molar-refractivity contribution in [1.29, 1.82) is 0 Å². The summed E-state index contributed by atoms with van der Waals surface area (Å²) in [4.78, 5) is 23.9. The topological polar surface area (TPSA) is 66.4 Å². The van der Waals surface area contributed by atoms with Gasteiger partial charge in [-0.1, -0.05) is 18.2 Å². The van der Waals surface area contributed by atoms with Gasteiger partial charge in [-0.25, -0.2) is 4.39 Å². The lowest BCUT2D eigenvalue weighted by molar-refractivity contribution is -0.146. The lowest BCUT2D eigenvalue weighted by atomic mass is 9.82. The molecule has 2 bridgehead atoms. The second kappa shape index (κ2) is 4.98. The summed E-state index contributed by atoms with van der Waals surface area (Å²) in [6.45, 7) is 1.77. The van der Waals surface area contributed by atoms with Gasteiger partial charge < -0.3 is 10.4 Å². The molecule has 0 aliphatic heterocycles. The maximum absolute atomic E-state index is 13.3. The Bertz CT molecular complexity index is 640. The largest absolute Gasteiger partial charge is 0.481 e. The predicted octanol–water partition coefficient (Wildman–Crippen LogP) is 2.60. The number of rotatable bonds is 3. The molecule has 0 radical (unpaired) electrons. The van der Waals surface area contributed by atoms with Crippen molar-refractivity contribution in [3.8, 4) is 0 Å². The summed E-state index contributed by atoms with van der Waals surface area (Å²) >= 11 is 0. The quantitative estimate of drug-likeness (QED) is 0.841. The number of benzene rings is 1. The van der Waals surface area contributed by atoms with Crippen LogP contribution in [0.3, 0.4) is 0 Å². The molecule has 0 spiro atoms. The summed E-state index contributed by atoms with van der Waals surface area (Å²) in [6, 6.07) is 4.16. The Morgan fingerprint density at radius 3 is 2.57 bits per heavy atom. The molecular weight excluding hydrogens is 273 g/mol. The maximum Gasteiger partial charge on any atom is 0.307 e. The number of aliphatic carboxylic acids is 1. The van der Waals surface area contributed by atoms with E-state index in [0.717, 1.165) is 5.56 Å². The van der Waals surface area contributed by atoms with Crippen LogP contribution >= 0.6 is 0 Å². The van der Waals surface area contributed by atoms with Crippen molar-refractivity contribution < 1.29 is 19.1 Å². The number of aryl methyl sites for hydroxylation is 1. The molecule has 1 aromatic rings. The molecule has 2 aliphatic rings. The van der Waals surface area contributed by atoms with Crippen LogP contribution in [0.1, 0.15) is 12.0 Å². The van der Waals surface area contributed by atoms with Gasteiger partial charge in [-0.3, -0.25) is 9.59 Å². The molecule has 0 unspecified atom stereocenters. The SMILES string of the molecule is Cc1ccc(F)cc1NC(=O)[C@H]1[C@@H](C(=O)O)[C@H]2C=C[C@H]1C2. The van der Waals surface area contributed by atoms with Crippen molar-refractivity contribution >= 4 is 17.6 Å². The van der Waals surface area contributed by atoms with Crippen LogP contribution in [0.2, 0.25) is 0 Å². The van der Waals surface area contributed by atoms with Gasteiger partial charge >= 0.3 is 5.97 Å². The van der Waals surface area contributed by atoms with E-state index in [9.17, 15) is 19.1 Å². The molecule has 1 amide bonds. The van der Waals surface area contributed by atoms with Crippen molar-refractivity contribution in [3.05, 3.63) is 41.7 Å². The fourth-order valence-corrected chi connectivity index (χ4v) is 3.46. The van der Waals surface area contributed by atoms with Crippen LogP contribution in [0.15, 0.2) is 30.4 Å². The average molecular weight is 289 g/mol. The maximum atomic E-state index is 13.3. The second-order valence-corrected chi connectivity index (χ2v) is 5.79. The van der Waals surface area contributed by atoms with Gasteiger partial charge in [0.15, 0.2) is 0 Å². The van der Waals surface area contributed by atoms with E-state index in [4.69, 9.17) is 0 Å². The van der Waals surface area contributed by atoms with Crippen LogP contribution in [0.5, 0.6) is 0 Å². The third-order valence-corrected chi connectivity index (χ3v) is 4.50. The standard InChI is InChI=1S/C16H16FNO3/c1-8-2-5-11(17)7-12(8)18-15(19)13-9-3-4-10(6-9)14(13)16(20)21/h2-5,7,9-10,13-14H,6H2,1H3,(H,18,19)(H,20,21)/t9-,10-,13+,14-/m0/s1.